The highest BCUT2D eigenvalue weighted by atomic mass is 35.6. The van der Waals surface area contributed by atoms with Gasteiger partial charge < -0.3 is 33.7 Å². The van der Waals surface area contributed by atoms with E-state index in [-0.39, 0.29) is 0 Å². The molecule has 0 unspecified atom stereocenters. The van der Waals surface area contributed by atoms with Crippen molar-refractivity contribution in [2.75, 3.05) is 13.2 Å². The van der Waals surface area contributed by atoms with E-state index in [1.807, 2.05) is 0 Å². The fourth-order valence-electron chi connectivity index (χ4n) is 2.65. The number of carbonyl (C=O) groups excluding carboxylic acids is 5. The van der Waals surface area contributed by atoms with Crippen LogP contribution in [0.4, 0.5) is 4.79 Å². The van der Waals surface area contributed by atoms with Crippen molar-refractivity contribution in [3.63, 3.8) is 0 Å². The van der Waals surface area contributed by atoms with Gasteiger partial charge in [0.25, 0.3) is 0 Å². The molecule has 0 radical (unpaired) electrons. The van der Waals surface area contributed by atoms with Gasteiger partial charge in [-0.3, -0.25) is 19.2 Å². The molecule has 15 heteroatoms. The van der Waals surface area contributed by atoms with Gasteiger partial charge in [0.15, 0.2) is 12.2 Å². The van der Waals surface area contributed by atoms with E-state index in [1.54, 1.807) is 0 Å². The minimum Gasteiger partial charge on any atom is -0.463 e. The first kappa shape index (κ1) is 28.0. The second-order valence-corrected chi connectivity index (χ2v) is 8.98. The molecule has 1 aliphatic rings. The Morgan fingerprint density at radius 1 is 0.812 bits per heavy atom. The molecule has 5 atom stereocenters. The monoisotopic (exact) mass is 521 g/mol. The molecule has 0 aliphatic carbocycles. The first-order valence-corrected chi connectivity index (χ1v) is 10.1. The van der Waals surface area contributed by atoms with Gasteiger partial charge in [0.1, 0.15) is 25.4 Å². The maximum absolute atomic E-state index is 12.2. The fourth-order valence-corrected chi connectivity index (χ4v) is 2.81. The summed E-state index contributed by atoms with van der Waals surface area (Å²) in [6.45, 7) is 3.22. The zero-order chi connectivity index (χ0) is 24.6. The Kier molecular flexibility index (Phi) is 10.8. The van der Waals surface area contributed by atoms with Crippen molar-refractivity contribution < 1.29 is 52.4 Å². The fraction of sp³-hybridized carbons (Fsp3) is 0.706. The Morgan fingerprint density at radius 2 is 1.34 bits per heavy atom. The summed E-state index contributed by atoms with van der Waals surface area (Å²) in [4.78, 5) is 58.4. The normalized spacial score (nSPS) is 25.2. The van der Waals surface area contributed by atoms with E-state index in [2.05, 4.69) is 5.32 Å². The second-order valence-electron chi connectivity index (χ2n) is 6.46. The van der Waals surface area contributed by atoms with E-state index in [0.717, 1.165) is 27.7 Å². The molecule has 1 heterocycles. The first-order chi connectivity index (χ1) is 14.7. The lowest BCUT2D eigenvalue weighted by atomic mass is 9.96. The number of hydrogen-bond donors (Lipinski definition) is 1. The van der Waals surface area contributed by atoms with E-state index in [4.69, 9.17) is 63.2 Å². The SMILES string of the molecule is CC(=O)OC[C@H]1O[C@@H](OC(C)=O)[C@H](NC(=O)OCC(Cl)(Cl)Cl)[C@@H](OC(C)=O)[C@H]1OC(C)=O. The van der Waals surface area contributed by atoms with Crippen molar-refractivity contribution >= 4 is 64.8 Å². The molecule has 1 N–H and O–H groups in total. The smallest absolute Gasteiger partial charge is 0.407 e. The van der Waals surface area contributed by atoms with Gasteiger partial charge in [-0.15, -0.1) is 0 Å². The van der Waals surface area contributed by atoms with Crippen molar-refractivity contribution in [3.05, 3.63) is 0 Å². The predicted octanol–water partition coefficient (Wildman–Crippen LogP) is 1.17. The quantitative estimate of drug-likeness (QED) is 0.291. The Bertz CT molecular complexity index is 727. The van der Waals surface area contributed by atoms with Gasteiger partial charge in [-0.1, -0.05) is 34.8 Å². The Hall–Kier alpha value is -2.02. The summed E-state index contributed by atoms with van der Waals surface area (Å²) in [6.07, 6.45) is -6.77. The summed E-state index contributed by atoms with van der Waals surface area (Å²) >= 11 is 16.6. The minimum atomic E-state index is -1.92. The van der Waals surface area contributed by atoms with Gasteiger partial charge >= 0.3 is 30.0 Å². The number of hydrogen-bond acceptors (Lipinski definition) is 11. The van der Waals surface area contributed by atoms with E-state index >= 15 is 0 Å². The topological polar surface area (TPSA) is 153 Å². The summed E-state index contributed by atoms with van der Waals surface area (Å²) in [5.74, 6) is -3.13. The van der Waals surface area contributed by atoms with E-state index in [0.29, 0.717) is 0 Å². The van der Waals surface area contributed by atoms with Crippen molar-refractivity contribution in [2.45, 2.75) is 62.1 Å². The molecule has 12 nitrogen and oxygen atoms in total. The Morgan fingerprint density at radius 3 is 1.81 bits per heavy atom. The number of carbonyl (C=O) groups is 5. The van der Waals surface area contributed by atoms with Crippen LogP contribution in [0.3, 0.4) is 0 Å². The highest BCUT2D eigenvalue weighted by molar-refractivity contribution is 6.67. The van der Waals surface area contributed by atoms with Crippen LogP contribution in [0.25, 0.3) is 0 Å². The molecule has 0 spiro atoms. The minimum absolute atomic E-state index is 0.451. The van der Waals surface area contributed by atoms with Gasteiger partial charge in [-0.05, 0) is 0 Å². The number of ether oxygens (including phenoxy) is 6. The molecule has 1 amide bonds. The summed E-state index contributed by atoms with van der Waals surface area (Å²) < 4.78 is 28.9. The molecule has 0 saturated carbocycles. The lowest BCUT2D eigenvalue weighted by Gasteiger charge is -2.44. The zero-order valence-electron chi connectivity index (χ0n) is 17.4. The van der Waals surface area contributed by atoms with E-state index in [9.17, 15) is 24.0 Å². The molecule has 1 saturated heterocycles. The van der Waals surface area contributed by atoms with Gasteiger partial charge in [0.05, 0.1) is 0 Å². The van der Waals surface area contributed by atoms with Gasteiger partial charge in [0.2, 0.25) is 10.1 Å². The molecule has 182 valence electrons. The summed E-state index contributed by atoms with van der Waals surface area (Å²) in [5.41, 5.74) is 0. The predicted molar refractivity (Wildman–Crippen MR) is 107 cm³/mol. The standard InChI is InChI=1S/C17H22Cl3NO11/c1-7(22)27-5-11-13(29-8(2)23)14(30-9(3)24)12(15(32-11)31-10(4)25)21-16(26)28-6-17(18,19)20/h11-15H,5-6H2,1-4H3,(H,21,26)/t11-,12-,13+,14-,15-/m1/s1. The van der Waals surface area contributed by atoms with Crippen molar-refractivity contribution in [1.29, 1.82) is 0 Å². The second kappa shape index (κ2) is 12.3. The van der Waals surface area contributed by atoms with Crippen LogP contribution in [-0.4, -0.2) is 77.6 Å². The van der Waals surface area contributed by atoms with Crippen LogP contribution in [0, 0.1) is 0 Å². The lowest BCUT2D eigenvalue weighted by molar-refractivity contribution is -0.270. The third-order valence-corrected chi connectivity index (χ3v) is 3.96. The van der Waals surface area contributed by atoms with Crippen LogP contribution in [0.5, 0.6) is 0 Å². The van der Waals surface area contributed by atoms with Crippen LogP contribution < -0.4 is 5.32 Å². The average Bonchev–Trinajstić information content (AvgIpc) is 2.61. The van der Waals surface area contributed by atoms with Gasteiger partial charge in [0, 0.05) is 27.7 Å². The maximum Gasteiger partial charge on any atom is 0.407 e. The third kappa shape index (κ3) is 10.1. The molecule has 0 bridgehead atoms. The molecule has 0 aromatic carbocycles. The number of nitrogens with one attached hydrogen (secondary N) is 1. The van der Waals surface area contributed by atoms with Crippen molar-refractivity contribution in [3.8, 4) is 0 Å². The van der Waals surface area contributed by atoms with Crippen LogP contribution in [0.15, 0.2) is 0 Å². The maximum atomic E-state index is 12.2. The number of rotatable bonds is 7. The molecule has 1 aliphatic heterocycles. The third-order valence-electron chi connectivity index (χ3n) is 3.63. The first-order valence-electron chi connectivity index (χ1n) is 9.00. The van der Waals surface area contributed by atoms with E-state index in [1.165, 1.54) is 0 Å². The largest absolute Gasteiger partial charge is 0.463 e. The lowest BCUT2D eigenvalue weighted by Crippen LogP contribution is -2.67. The van der Waals surface area contributed by atoms with Crippen LogP contribution in [-0.2, 0) is 47.6 Å². The van der Waals surface area contributed by atoms with Crippen LogP contribution >= 0.6 is 34.8 Å². The summed E-state index contributed by atoms with van der Waals surface area (Å²) in [7, 11) is 0. The number of alkyl halides is 3. The molecule has 1 fully saturated rings. The molecular formula is C17H22Cl3NO11. The summed E-state index contributed by atoms with van der Waals surface area (Å²) in [6, 6.07) is -1.43. The van der Waals surface area contributed by atoms with Crippen LogP contribution in [0.2, 0.25) is 0 Å². The van der Waals surface area contributed by atoms with Gasteiger partial charge in [-0.2, -0.15) is 0 Å². The molecule has 32 heavy (non-hydrogen) atoms. The van der Waals surface area contributed by atoms with Crippen LogP contribution in [0.1, 0.15) is 27.7 Å². The Labute approximate surface area is 198 Å². The van der Waals surface area contributed by atoms with Crippen molar-refractivity contribution in [2.24, 2.45) is 0 Å². The number of halogens is 3. The summed E-state index contributed by atoms with van der Waals surface area (Å²) in [5, 5.41) is 2.28. The molecule has 0 aromatic rings. The van der Waals surface area contributed by atoms with Crippen molar-refractivity contribution in [1.82, 2.24) is 5.32 Å². The molecular weight excluding hydrogens is 501 g/mol. The number of esters is 4. The Balaban J connectivity index is 3.28. The highest BCUT2D eigenvalue weighted by Gasteiger charge is 2.52. The zero-order valence-corrected chi connectivity index (χ0v) is 19.7. The van der Waals surface area contributed by atoms with Gasteiger partial charge in [-0.25, -0.2) is 4.79 Å². The number of amides is 1. The van der Waals surface area contributed by atoms with E-state index < -0.39 is 77.6 Å². The number of alkyl carbamates (subject to hydrolysis) is 1. The average molecular weight is 523 g/mol. The molecule has 1 rings (SSSR count). The highest BCUT2D eigenvalue weighted by Crippen LogP contribution is 2.29. The molecule has 0 aromatic heterocycles.